The van der Waals surface area contributed by atoms with Gasteiger partial charge in [0.15, 0.2) is 11.6 Å². The molecule has 0 saturated heterocycles. The fourth-order valence-electron chi connectivity index (χ4n) is 0.477. The lowest BCUT2D eigenvalue weighted by atomic mass is 10.3. The number of halogens is 3. The Bertz CT molecular complexity index is 211. The number of hydrogen-bond acceptors (Lipinski definition) is 2. The van der Waals surface area contributed by atoms with Gasteiger partial charge in [0.25, 0.3) is 0 Å². The number of hydrogen-bond donors (Lipinski definition) is 2. The van der Waals surface area contributed by atoms with Crippen LogP contribution < -0.4 is 0 Å². The first-order chi connectivity index (χ1) is 6.22. The molecule has 0 fully saturated rings. The maximum Gasteiger partial charge on any atom is 0.177 e. The van der Waals surface area contributed by atoms with Gasteiger partial charge in [0, 0.05) is 14.2 Å². The molecule has 0 aliphatic carbocycles. The van der Waals surface area contributed by atoms with Crippen molar-refractivity contribution >= 4 is 11.6 Å². The van der Waals surface area contributed by atoms with E-state index in [1.807, 2.05) is 0 Å². The third-order valence-electron chi connectivity index (χ3n) is 0.904. The molecule has 1 rings (SSSR count). The van der Waals surface area contributed by atoms with Gasteiger partial charge in [-0.05, 0) is 12.1 Å². The van der Waals surface area contributed by atoms with Gasteiger partial charge in [0.05, 0.1) is 5.02 Å². The summed E-state index contributed by atoms with van der Waals surface area (Å²) in [6.45, 7) is 0. The van der Waals surface area contributed by atoms with Gasteiger partial charge in [0.2, 0.25) is 0 Å². The summed E-state index contributed by atoms with van der Waals surface area (Å²) in [5, 5.41) is 13.8. The van der Waals surface area contributed by atoms with Crippen molar-refractivity contribution in [3.63, 3.8) is 0 Å². The molecule has 76 valence electrons. The molecule has 0 aliphatic rings. The van der Waals surface area contributed by atoms with Gasteiger partial charge in [-0.15, -0.1) is 0 Å². The van der Waals surface area contributed by atoms with Crippen LogP contribution in [0.4, 0.5) is 8.78 Å². The van der Waals surface area contributed by atoms with Crippen LogP contribution in [0.5, 0.6) is 0 Å². The summed E-state index contributed by atoms with van der Waals surface area (Å²) in [5.41, 5.74) is 0. The molecular weight excluding hydrogens is 202 g/mol. The third kappa shape index (κ3) is 5.52. The molecule has 0 unspecified atom stereocenters. The zero-order chi connectivity index (χ0) is 10.9. The fourth-order valence-corrected chi connectivity index (χ4v) is 0.640. The van der Waals surface area contributed by atoms with Crippen LogP contribution in [0, 0.1) is 11.6 Å². The van der Waals surface area contributed by atoms with Crippen molar-refractivity contribution in [2.45, 2.75) is 0 Å². The smallest absolute Gasteiger partial charge is 0.177 e. The molecule has 1 aromatic rings. The summed E-state index contributed by atoms with van der Waals surface area (Å²) in [4.78, 5) is 0. The van der Waals surface area contributed by atoms with Gasteiger partial charge in [0.1, 0.15) is 0 Å². The van der Waals surface area contributed by atoms with Crippen LogP contribution in [0.2, 0.25) is 5.02 Å². The summed E-state index contributed by atoms with van der Waals surface area (Å²) in [7, 11) is 2.00. The van der Waals surface area contributed by atoms with E-state index in [4.69, 9.17) is 21.8 Å². The zero-order valence-corrected chi connectivity index (χ0v) is 8.02. The maximum atomic E-state index is 12.2. The molecular formula is C8H11ClF2O2. The summed E-state index contributed by atoms with van der Waals surface area (Å²) >= 11 is 5.20. The SMILES string of the molecule is CO.CO.Fc1cccc(Cl)c1F. The van der Waals surface area contributed by atoms with Crippen molar-refractivity contribution in [1.29, 1.82) is 0 Å². The maximum absolute atomic E-state index is 12.2. The van der Waals surface area contributed by atoms with E-state index in [0.717, 1.165) is 20.3 Å². The van der Waals surface area contributed by atoms with Crippen LogP contribution in [0.25, 0.3) is 0 Å². The molecule has 1 aromatic carbocycles. The second-order valence-electron chi connectivity index (χ2n) is 1.54. The fraction of sp³-hybridized carbons (Fsp3) is 0.250. The van der Waals surface area contributed by atoms with E-state index in [0.29, 0.717) is 0 Å². The Morgan fingerprint density at radius 2 is 1.54 bits per heavy atom. The lowest BCUT2D eigenvalue weighted by molar-refractivity contribution is 0.399. The quantitative estimate of drug-likeness (QED) is 0.645. The second-order valence-corrected chi connectivity index (χ2v) is 1.94. The van der Waals surface area contributed by atoms with Gasteiger partial charge in [-0.1, -0.05) is 17.7 Å². The second kappa shape index (κ2) is 9.38. The van der Waals surface area contributed by atoms with Crippen LogP contribution in [0.15, 0.2) is 18.2 Å². The highest BCUT2D eigenvalue weighted by molar-refractivity contribution is 6.30. The Morgan fingerprint density at radius 3 is 1.85 bits per heavy atom. The Kier molecular flexibility index (Phi) is 10.7. The predicted molar refractivity (Wildman–Crippen MR) is 47.7 cm³/mol. The molecule has 0 bridgehead atoms. The molecule has 2 N–H and O–H groups in total. The number of benzene rings is 1. The Labute approximate surface area is 80.4 Å². The molecule has 0 aliphatic heterocycles. The average molecular weight is 213 g/mol. The van der Waals surface area contributed by atoms with Crippen LogP contribution in [0.1, 0.15) is 0 Å². The summed E-state index contributed by atoms with van der Waals surface area (Å²) < 4.78 is 24.3. The summed E-state index contributed by atoms with van der Waals surface area (Å²) in [6, 6.07) is 3.65. The molecule has 5 heteroatoms. The lowest BCUT2D eigenvalue weighted by Crippen LogP contribution is -1.81. The standard InChI is InChI=1S/C6H3ClF2.2CH4O/c7-4-2-1-3-5(8)6(4)9;2*1-2/h1-3H;2*2H,1H3. The third-order valence-corrected chi connectivity index (χ3v) is 1.20. The van der Waals surface area contributed by atoms with Crippen LogP contribution in [0.3, 0.4) is 0 Å². The van der Waals surface area contributed by atoms with Crippen molar-refractivity contribution in [2.24, 2.45) is 0 Å². The van der Waals surface area contributed by atoms with Crippen molar-refractivity contribution < 1.29 is 19.0 Å². The summed E-state index contributed by atoms with van der Waals surface area (Å²) in [6.07, 6.45) is 0. The first-order valence-electron chi connectivity index (χ1n) is 3.21. The molecule has 0 amide bonds. The average Bonchev–Trinajstić information content (AvgIpc) is 2.20. The molecule has 0 atom stereocenters. The number of aliphatic hydroxyl groups excluding tert-OH is 2. The molecule has 0 heterocycles. The van der Waals surface area contributed by atoms with Gasteiger partial charge in [-0.3, -0.25) is 0 Å². The van der Waals surface area contributed by atoms with Crippen molar-refractivity contribution in [1.82, 2.24) is 0 Å². The first-order valence-corrected chi connectivity index (χ1v) is 3.58. The largest absolute Gasteiger partial charge is 0.400 e. The Balaban J connectivity index is 0. The van der Waals surface area contributed by atoms with Gasteiger partial charge in [-0.2, -0.15) is 0 Å². The highest BCUT2D eigenvalue weighted by Gasteiger charge is 2.02. The highest BCUT2D eigenvalue weighted by atomic mass is 35.5. The normalized spacial score (nSPS) is 7.62. The van der Waals surface area contributed by atoms with Crippen LogP contribution >= 0.6 is 11.6 Å². The zero-order valence-electron chi connectivity index (χ0n) is 7.26. The molecule has 0 saturated carbocycles. The van der Waals surface area contributed by atoms with E-state index in [2.05, 4.69) is 0 Å². The minimum Gasteiger partial charge on any atom is -0.400 e. The summed E-state index contributed by atoms with van der Waals surface area (Å²) in [5.74, 6) is -1.90. The van der Waals surface area contributed by atoms with E-state index in [1.54, 1.807) is 0 Å². The molecule has 0 spiro atoms. The minimum absolute atomic E-state index is 0.185. The van der Waals surface area contributed by atoms with Crippen molar-refractivity contribution in [2.75, 3.05) is 14.2 Å². The number of rotatable bonds is 0. The predicted octanol–water partition coefficient (Wildman–Crippen LogP) is 1.84. The van der Waals surface area contributed by atoms with E-state index in [9.17, 15) is 8.78 Å². The number of aliphatic hydroxyl groups is 2. The highest BCUT2D eigenvalue weighted by Crippen LogP contribution is 2.15. The van der Waals surface area contributed by atoms with E-state index < -0.39 is 11.6 Å². The van der Waals surface area contributed by atoms with Crippen molar-refractivity contribution in [3.8, 4) is 0 Å². The molecule has 0 aromatic heterocycles. The lowest BCUT2D eigenvalue weighted by Gasteiger charge is -1.91. The van der Waals surface area contributed by atoms with Gasteiger partial charge in [-0.25, -0.2) is 8.78 Å². The van der Waals surface area contributed by atoms with Crippen molar-refractivity contribution in [3.05, 3.63) is 34.9 Å². The topological polar surface area (TPSA) is 40.5 Å². The van der Waals surface area contributed by atoms with Crippen LogP contribution in [-0.2, 0) is 0 Å². The Morgan fingerprint density at radius 1 is 1.08 bits per heavy atom. The molecule has 0 radical (unpaired) electrons. The minimum atomic E-state index is -0.987. The van der Waals surface area contributed by atoms with E-state index in [-0.39, 0.29) is 5.02 Å². The van der Waals surface area contributed by atoms with E-state index in [1.165, 1.54) is 12.1 Å². The van der Waals surface area contributed by atoms with Gasteiger partial charge < -0.3 is 10.2 Å². The first kappa shape index (κ1) is 14.8. The molecule has 2 nitrogen and oxygen atoms in total. The van der Waals surface area contributed by atoms with Gasteiger partial charge >= 0.3 is 0 Å². The molecule has 13 heavy (non-hydrogen) atoms. The van der Waals surface area contributed by atoms with E-state index >= 15 is 0 Å². The Hall–Kier alpha value is -0.710. The van der Waals surface area contributed by atoms with Crippen LogP contribution in [-0.4, -0.2) is 24.4 Å². The monoisotopic (exact) mass is 212 g/mol.